The van der Waals surface area contributed by atoms with Crippen molar-refractivity contribution >= 4 is 5.97 Å². The van der Waals surface area contributed by atoms with Crippen LogP contribution in [0, 0.1) is 0 Å². The Morgan fingerprint density at radius 1 is 1.62 bits per heavy atom. The predicted octanol–water partition coefficient (Wildman–Crippen LogP) is 1.34. The molecular formula is C10H11N3O3. The fourth-order valence-corrected chi connectivity index (χ4v) is 1.51. The van der Waals surface area contributed by atoms with E-state index in [1.54, 1.807) is 17.9 Å². The minimum atomic E-state index is -1.12. The van der Waals surface area contributed by atoms with Gasteiger partial charge in [0, 0.05) is 24.9 Å². The summed E-state index contributed by atoms with van der Waals surface area (Å²) in [7, 11) is 1.81. The van der Waals surface area contributed by atoms with Crippen molar-refractivity contribution in [2.75, 3.05) is 0 Å². The van der Waals surface area contributed by atoms with Gasteiger partial charge in [0.25, 0.3) is 0 Å². The molecule has 0 atom stereocenters. The molecule has 2 rings (SSSR count). The van der Waals surface area contributed by atoms with Gasteiger partial charge in [-0.1, -0.05) is 12.1 Å². The third-order valence-electron chi connectivity index (χ3n) is 2.24. The van der Waals surface area contributed by atoms with Crippen molar-refractivity contribution in [1.82, 2.24) is 14.9 Å². The van der Waals surface area contributed by atoms with Gasteiger partial charge >= 0.3 is 5.97 Å². The number of hydrogen-bond acceptors (Lipinski definition) is 4. The Morgan fingerprint density at radius 2 is 2.38 bits per heavy atom. The molecule has 0 aliphatic rings. The average molecular weight is 221 g/mol. The number of carboxylic acid groups (broad SMARTS) is 1. The van der Waals surface area contributed by atoms with Crippen LogP contribution < -0.4 is 0 Å². The molecule has 0 saturated heterocycles. The van der Waals surface area contributed by atoms with Crippen LogP contribution in [0.1, 0.15) is 23.2 Å². The van der Waals surface area contributed by atoms with Gasteiger partial charge in [-0.3, -0.25) is 4.68 Å². The monoisotopic (exact) mass is 221 g/mol. The van der Waals surface area contributed by atoms with Crippen LogP contribution in [0.5, 0.6) is 0 Å². The highest BCUT2D eigenvalue weighted by atomic mass is 16.5. The summed E-state index contributed by atoms with van der Waals surface area (Å²) in [6, 6.07) is 1.40. The third kappa shape index (κ3) is 1.69. The molecule has 0 aliphatic carbocycles. The van der Waals surface area contributed by atoms with Gasteiger partial charge in [-0.15, -0.1) is 0 Å². The molecule has 2 aromatic heterocycles. The van der Waals surface area contributed by atoms with Crippen LogP contribution in [0.25, 0.3) is 11.3 Å². The lowest BCUT2D eigenvalue weighted by atomic mass is 10.1. The molecule has 0 fully saturated rings. The lowest BCUT2D eigenvalue weighted by Crippen LogP contribution is -1.91. The first kappa shape index (κ1) is 10.4. The second-order valence-electron chi connectivity index (χ2n) is 3.40. The largest absolute Gasteiger partial charge is 0.475 e. The van der Waals surface area contributed by atoms with Gasteiger partial charge in [-0.25, -0.2) is 4.79 Å². The summed E-state index contributed by atoms with van der Waals surface area (Å²) < 4.78 is 6.37. The van der Waals surface area contributed by atoms with E-state index >= 15 is 0 Å². The molecule has 16 heavy (non-hydrogen) atoms. The van der Waals surface area contributed by atoms with Crippen molar-refractivity contribution in [3.63, 3.8) is 0 Å². The minimum absolute atomic E-state index is 0.166. The van der Waals surface area contributed by atoms with E-state index in [-0.39, 0.29) is 5.76 Å². The Kier molecular flexibility index (Phi) is 2.47. The molecule has 2 aromatic rings. The molecule has 6 nitrogen and oxygen atoms in total. The summed E-state index contributed by atoms with van der Waals surface area (Å²) >= 11 is 0. The van der Waals surface area contributed by atoms with Crippen LogP contribution in [0.2, 0.25) is 0 Å². The Labute approximate surface area is 91.5 Å². The molecule has 0 spiro atoms. The second-order valence-corrected chi connectivity index (χ2v) is 3.40. The van der Waals surface area contributed by atoms with Crippen molar-refractivity contribution in [3.05, 3.63) is 23.7 Å². The molecule has 0 bridgehead atoms. The normalized spacial score (nSPS) is 10.6. The first-order valence-corrected chi connectivity index (χ1v) is 4.84. The van der Waals surface area contributed by atoms with E-state index in [2.05, 4.69) is 10.3 Å². The second kappa shape index (κ2) is 3.80. The number of carbonyl (C=O) groups is 1. The summed E-state index contributed by atoms with van der Waals surface area (Å²) in [5.74, 6) is -1.29. The fraction of sp³-hybridized carbons (Fsp3) is 0.300. The molecule has 0 saturated carbocycles. The number of aromatic carboxylic acids is 1. The van der Waals surface area contributed by atoms with Crippen molar-refractivity contribution in [2.45, 2.75) is 13.3 Å². The summed E-state index contributed by atoms with van der Waals surface area (Å²) in [6.07, 6.45) is 2.55. The highest BCUT2D eigenvalue weighted by Gasteiger charge is 2.16. The van der Waals surface area contributed by atoms with Crippen LogP contribution in [0.3, 0.4) is 0 Å². The smallest absolute Gasteiger partial charge is 0.374 e. The summed E-state index contributed by atoms with van der Waals surface area (Å²) in [5, 5.41) is 16.7. The van der Waals surface area contributed by atoms with Gasteiger partial charge in [0.05, 0.1) is 5.69 Å². The van der Waals surface area contributed by atoms with Gasteiger partial charge in [0.15, 0.2) is 0 Å². The van der Waals surface area contributed by atoms with Crippen molar-refractivity contribution < 1.29 is 14.4 Å². The van der Waals surface area contributed by atoms with Gasteiger partial charge in [0.2, 0.25) is 5.76 Å². The number of nitrogens with zero attached hydrogens (tertiary/aromatic N) is 3. The van der Waals surface area contributed by atoms with E-state index in [4.69, 9.17) is 9.63 Å². The maximum Gasteiger partial charge on any atom is 0.374 e. The third-order valence-corrected chi connectivity index (χ3v) is 2.24. The predicted molar refractivity (Wildman–Crippen MR) is 55.0 cm³/mol. The van der Waals surface area contributed by atoms with Crippen LogP contribution in [-0.2, 0) is 13.5 Å². The van der Waals surface area contributed by atoms with E-state index in [1.807, 2.05) is 6.92 Å². The van der Waals surface area contributed by atoms with Crippen LogP contribution >= 0.6 is 0 Å². The van der Waals surface area contributed by atoms with Gasteiger partial charge in [-0.2, -0.15) is 5.10 Å². The van der Waals surface area contributed by atoms with E-state index in [0.717, 1.165) is 17.7 Å². The average Bonchev–Trinajstić information content (AvgIpc) is 2.82. The minimum Gasteiger partial charge on any atom is -0.475 e. The number of hydrogen-bond donors (Lipinski definition) is 1. The molecular weight excluding hydrogens is 210 g/mol. The zero-order chi connectivity index (χ0) is 11.7. The highest BCUT2D eigenvalue weighted by Crippen LogP contribution is 2.22. The maximum absolute atomic E-state index is 10.7. The molecule has 0 unspecified atom stereocenters. The van der Waals surface area contributed by atoms with Gasteiger partial charge in [0.1, 0.15) is 5.69 Å². The molecule has 0 radical (unpaired) electrons. The molecule has 2 heterocycles. The Morgan fingerprint density at radius 3 is 2.94 bits per heavy atom. The standard InChI is InChI=1S/C10H11N3O3/c1-3-7-6(5-13(2)11-7)8-4-9(10(14)15)16-12-8/h4-5H,3H2,1-2H3,(H,14,15). The lowest BCUT2D eigenvalue weighted by Gasteiger charge is -1.91. The van der Waals surface area contributed by atoms with E-state index in [9.17, 15) is 4.79 Å². The van der Waals surface area contributed by atoms with Crippen LogP contribution in [-0.4, -0.2) is 26.0 Å². The van der Waals surface area contributed by atoms with E-state index < -0.39 is 5.97 Å². The lowest BCUT2D eigenvalue weighted by molar-refractivity contribution is 0.0652. The van der Waals surface area contributed by atoms with Crippen LogP contribution in [0.4, 0.5) is 0 Å². The maximum atomic E-state index is 10.7. The van der Waals surface area contributed by atoms with Crippen molar-refractivity contribution in [3.8, 4) is 11.3 Å². The Balaban J connectivity index is 2.45. The first-order chi connectivity index (χ1) is 7.61. The van der Waals surface area contributed by atoms with Crippen molar-refractivity contribution in [1.29, 1.82) is 0 Å². The number of aryl methyl sites for hydroxylation is 2. The number of carboxylic acids is 1. The Hall–Kier alpha value is -2.11. The van der Waals surface area contributed by atoms with Crippen LogP contribution in [0.15, 0.2) is 16.8 Å². The summed E-state index contributed by atoms with van der Waals surface area (Å²) in [6.45, 7) is 1.98. The van der Waals surface area contributed by atoms with Gasteiger partial charge in [-0.05, 0) is 6.42 Å². The number of rotatable bonds is 3. The van der Waals surface area contributed by atoms with Gasteiger partial charge < -0.3 is 9.63 Å². The quantitative estimate of drug-likeness (QED) is 0.845. The highest BCUT2D eigenvalue weighted by molar-refractivity contribution is 5.85. The molecule has 6 heteroatoms. The molecule has 0 aliphatic heterocycles. The fourth-order valence-electron chi connectivity index (χ4n) is 1.51. The zero-order valence-electron chi connectivity index (χ0n) is 8.97. The van der Waals surface area contributed by atoms with E-state index in [0.29, 0.717) is 5.69 Å². The summed E-state index contributed by atoms with van der Waals surface area (Å²) in [4.78, 5) is 10.7. The molecule has 1 N–H and O–H groups in total. The van der Waals surface area contributed by atoms with E-state index in [1.165, 1.54) is 6.07 Å². The topological polar surface area (TPSA) is 81.2 Å². The van der Waals surface area contributed by atoms with Crippen molar-refractivity contribution in [2.24, 2.45) is 7.05 Å². The molecule has 84 valence electrons. The molecule has 0 amide bonds. The zero-order valence-corrected chi connectivity index (χ0v) is 8.97. The summed E-state index contributed by atoms with van der Waals surface area (Å²) in [5.41, 5.74) is 2.18. The number of aromatic nitrogens is 3. The first-order valence-electron chi connectivity index (χ1n) is 4.84. The SMILES string of the molecule is CCc1nn(C)cc1-c1cc(C(=O)O)on1. The Bertz CT molecular complexity index is 527. The molecule has 0 aromatic carbocycles.